The van der Waals surface area contributed by atoms with Crippen LogP contribution < -0.4 is 5.32 Å². The topological polar surface area (TPSA) is 81.4 Å². The lowest BCUT2D eigenvalue weighted by atomic mass is 10.2. The molecule has 0 saturated carbocycles. The molecule has 0 bridgehead atoms. The van der Waals surface area contributed by atoms with E-state index in [4.69, 9.17) is 4.98 Å². The Labute approximate surface area is 148 Å². The molecule has 4 heterocycles. The summed E-state index contributed by atoms with van der Waals surface area (Å²) in [5, 5.41) is 11.7. The van der Waals surface area contributed by atoms with E-state index in [1.807, 2.05) is 31.5 Å². The lowest BCUT2D eigenvalue weighted by Gasteiger charge is -2.13. The molecular weight excluding hydrogens is 334 g/mol. The fourth-order valence-electron chi connectivity index (χ4n) is 2.59. The lowest BCUT2D eigenvalue weighted by molar-refractivity contribution is 0.785. The van der Waals surface area contributed by atoms with Crippen LogP contribution in [0.5, 0.6) is 0 Å². The third-order valence-corrected chi connectivity index (χ3v) is 5.02. The van der Waals surface area contributed by atoms with Crippen molar-refractivity contribution in [1.82, 2.24) is 29.7 Å². The van der Waals surface area contributed by atoms with E-state index in [9.17, 15) is 0 Å². The van der Waals surface area contributed by atoms with E-state index >= 15 is 0 Å². The Morgan fingerprint density at radius 1 is 1.20 bits per heavy atom. The van der Waals surface area contributed by atoms with E-state index in [0.29, 0.717) is 5.82 Å². The van der Waals surface area contributed by atoms with Crippen molar-refractivity contribution in [2.75, 3.05) is 5.32 Å². The molecule has 7 nitrogen and oxygen atoms in total. The lowest BCUT2D eigenvalue weighted by Crippen LogP contribution is -2.09. The predicted molar refractivity (Wildman–Crippen MR) is 98.4 cm³/mol. The van der Waals surface area contributed by atoms with Crippen LogP contribution in [0.4, 0.5) is 5.82 Å². The summed E-state index contributed by atoms with van der Waals surface area (Å²) in [6.45, 7) is 4.07. The second kappa shape index (κ2) is 6.21. The van der Waals surface area contributed by atoms with Crippen LogP contribution in [-0.2, 0) is 7.05 Å². The summed E-state index contributed by atoms with van der Waals surface area (Å²) < 4.78 is 1.75. The van der Waals surface area contributed by atoms with Crippen LogP contribution in [0.1, 0.15) is 23.7 Å². The summed E-state index contributed by atoms with van der Waals surface area (Å²) in [4.78, 5) is 18.1. The molecule has 0 aliphatic rings. The Morgan fingerprint density at radius 2 is 2.08 bits per heavy atom. The third-order valence-electron chi connectivity index (χ3n) is 3.87. The second-order valence-electron chi connectivity index (χ2n) is 5.84. The highest BCUT2D eigenvalue weighted by molar-refractivity contribution is 7.09. The van der Waals surface area contributed by atoms with Crippen LogP contribution in [0.25, 0.3) is 22.4 Å². The largest absolute Gasteiger partial charge is 0.360 e. The standard InChI is InChI=1S/C17H17N7S/c1-10-9-25-17(20-10)11(2)21-15-13-8-19-24(3)16(13)23-14(22-15)12-5-4-6-18-7-12/h4-9,11H,1-3H3,(H,21,22,23). The molecular formula is C17H17N7S. The van der Waals surface area contributed by atoms with Gasteiger partial charge in [-0.2, -0.15) is 5.10 Å². The van der Waals surface area contributed by atoms with E-state index in [-0.39, 0.29) is 6.04 Å². The van der Waals surface area contributed by atoms with Crippen LogP contribution in [0.3, 0.4) is 0 Å². The molecule has 25 heavy (non-hydrogen) atoms. The third kappa shape index (κ3) is 2.96. The van der Waals surface area contributed by atoms with Crippen molar-refractivity contribution in [1.29, 1.82) is 0 Å². The molecule has 1 unspecified atom stereocenters. The number of fused-ring (bicyclic) bond motifs is 1. The SMILES string of the molecule is Cc1csc(C(C)Nc2nc(-c3cccnc3)nc3c2cnn3C)n1. The van der Waals surface area contributed by atoms with Gasteiger partial charge in [0.2, 0.25) is 0 Å². The summed E-state index contributed by atoms with van der Waals surface area (Å²) in [6.07, 6.45) is 5.28. The van der Waals surface area contributed by atoms with Crippen LogP contribution in [-0.4, -0.2) is 29.7 Å². The number of thiazole rings is 1. The Bertz CT molecular complexity index is 1020. The maximum atomic E-state index is 4.72. The van der Waals surface area contributed by atoms with Gasteiger partial charge in [-0.05, 0) is 26.0 Å². The first-order valence-electron chi connectivity index (χ1n) is 7.90. The molecule has 4 rings (SSSR count). The van der Waals surface area contributed by atoms with Crippen molar-refractivity contribution >= 4 is 28.2 Å². The van der Waals surface area contributed by atoms with Crippen LogP contribution >= 0.6 is 11.3 Å². The number of pyridine rings is 1. The second-order valence-corrected chi connectivity index (χ2v) is 6.73. The van der Waals surface area contributed by atoms with Crippen molar-refractivity contribution in [2.24, 2.45) is 7.05 Å². The molecule has 4 aromatic heterocycles. The van der Waals surface area contributed by atoms with Gasteiger partial charge in [-0.25, -0.2) is 15.0 Å². The Morgan fingerprint density at radius 3 is 2.80 bits per heavy atom. The zero-order chi connectivity index (χ0) is 17.4. The number of aromatic nitrogens is 6. The number of hydrogen-bond acceptors (Lipinski definition) is 7. The molecule has 126 valence electrons. The Kier molecular flexibility index (Phi) is 3.89. The van der Waals surface area contributed by atoms with Gasteiger partial charge in [-0.1, -0.05) is 0 Å². The van der Waals surface area contributed by atoms with E-state index in [1.54, 1.807) is 34.6 Å². The quantitative estimate of drug-likeness (QED) is 0.607. The molecule has 0 aromatic carbocycles. The van der Waals surface area contributed by atoms with Crippen LogP contribution in [0.2, 0.25) is 0 Å². The number of rotatable bonds is 4. The van der Waals surface area contributed by atoms with Gasteiger partial charge in [0.25, 0.3) is 0 Å². The van der Waals surface area contributed by atoms with E-state index in [1.165, 1.54) is 0 Å². The van der Waals surface area contributed by atoms with Crippen molar-refractivity contribution in [3.63, 3.8) is 0 Å². The molecule has 1 N–H and O–H groups in total. The highest BCUT2D eigenvalue weighted by Crippen LogP contribution is 2.28. The van der Waals surface area contributed by atoms with Gasteiger partial charge in [0, 0.05) is 36.1 Å². The van der Waals surface area contributed by atoms with Crippen LogP contribution in [0.15, 0.2) is 36.1 Å². The van der Waals surface area contributed by atoms with E-state index in [0.717, 1.165) is 33.1 Å². The van der Waals surface area contributed by atoms with Crippen molar-refractivity contribution < 1.29 is 0 Å². The summed E-state index contributed by atoms with van der Waals surface area (Å²) in [5.41, 5.74) is 2.67. The van der Waals surface area contributed by atoms with Gasteiger partial charge in [-0.15, -0.1) is 11.3 Å². The fourth-order valence-corrected chi connectivity index (χ4v) is 3.40. The highest BCUT2D eigenvalue weighted by atomic mass is 32.1. The molecule has 0 aliphatic heterocycles. The number of aryl methyl sites for hydroxylation is 2. The first kappa shape index (κ1) is 15.6. The number of hydrogen-bond donors (Lipinski definition) is 1. The highest BCUT2D eigenvalue weighted by Gasteiger charge is 2.16. The number of nitrogens with one attached hydrogen (secondary N) is 1. The predicted octanol–water partition coefficient (Wildman–Crippen LogP) is 3.36. The number of anilines is 1. The molecule has 0 saturated heterocycles. The molecule has 0 fully saturated rings. The summed E-state index contributed by atoms with van der Waals surface area (Å²) in [5.74, 6) is 1.37. The zero-order valence-corrected chi connectivity index (χ0v) is 14.9. The maximum absolute atomic E-state index is 4.72. The van der Waals surface area contributed by atoms with Crippen molar-refractivity contribution in [3.8, 4) is 11.4 Å². The summed E-state index contributed by atoms with van der Waals surface area (Å²) in [6, 6.07) is 3.86. The van der Waals surface area contributed by atoms with E-state index in [2.05, 4.69) is 32.3 Å². The summed E-state index contributed by atoms with van der Waals surface area (Å²) in [7, 11) is 1.87. The van der Waals surface area contributed by atoms with Crippen molar-refractivity contribution in [2.45, 2.75) is 19.9 Å². The van der Waals surface area contributed by atoms with Gasteiger partial charge in [0.15, 0.2) is 11.5 Å². The van der Waals surface area contributed by atoms with Gasteiger partial charge in [0.05, 0.1) is 17.6 Å². The average molecular weight is 351 g/mol. The molecule has 0 aliphatic carbocycles. The van der Waals surface area contributed by atoms with Crippen LogP contribution in [0, 0.1) is 6.92 Å². The maximum Gasteiger partial charge on any atom is 0.165 e. The minimum Gasteiger partial charge on any atom is -0.360 e. The van der Waals surface area contributed by atoms with Gasteiger partial charge < -0.3 is 5.32 Å². The van der Waals surface area contributed by atoms with Gasteiger partial charge in [0.1, 0.15) is 10.8 Å². The van der Waals surface area contributed by atoms with Gasteiger partial charge in [-0.3, -0.25) is 9.67 Å². The molecule has 8 heteroatoms. The molecule has 1 atom stereocenters. The summed E-state index contributed by atoms with van der Waals surface area (Å²) >= 11 is 1.64. The number of nitrogens with zero attached hydrogens (tertiary/aromatic N) is 6. The molecule has 4 aromatic rings. The normalized spacial score (nSPS) is 12.4. The zero-order valence-electron chi connectivity index (χ0n) is 14.1. The fraction of sp³-hybridized carbons (Fsp3) is 0.235. The minimum atomic E-state index is 0.0405. The minimum absolute atomic E-state index is 0.0405. The Hall–Kier alpha value is -2.87. The molecule has 0 amide bonds. The van der Waals surface area contributed by atoms with E-state index < -0.39 is 0 Å². The van der Waals surface area contributed by atoms with Crippen molar-refractivity contribution in [3.05, 3.63) is 46.8 Å². The van der Waals surface area contributed by atoms with Gasteiger partial charge >= 0.3 is 0 Å². The average Bonchev–Trinajstić information content (AvgIpc) is 3.22. The molecule has 0 radical (unpaired) electrons. The smallest absolute Gasteiger partial charge is 0.165 e. The first-order chi connectivity index (χ1) is 12.1. The first-order valence-corrected chi connectivity index (χ1v) is 8.78. The molecule has 0 spiro atoms. The monoisotopic (exact) mass is 351 g/mol. The Balaban J connectivity index is 1.79.